The first-order valence-corrected chi connectivity index (χ1v) is 13.7. The second kappa shape index (κ2) is 22.6. The van der Waals surface area contributed by atoms with Gasteiger partial charge in [0.05, 0.1) is 0 Å². The van der Waals surface area contributed by atoms with Crippen LogP contribution in [0.15, 0.2) is 0 Å². The molecule has 1 heterocycles. The Morgan fingerprint density at radius 2 is 0.966 bits per heavy atom. The Morgan fingerprint density at radius 3 is 1.34 bits per heavy atom. The lowest BCUT2D eigenvalue weighted by molar-refractivity contribution is -0.162. The van der Waals surface area contributed by atoms with Crippen LogP contribution in [-0.4, -0.2) is 19.5 Å². The Balaban J connectivity index is 1.63. The van der Waals surface area contributed by atoms with Crippen molar-refractivity contribution >= 4 is 0 Å². The largest absolute Gasteiger partial charge is 0.353 e. The average Bonchev–Trinajstić information content (AvgIpc) is 2.75. The van der Waals surface area contributed by atoms with Crippen molar-refractivity contribution in [2.45, 2.75) is 161 Å². The Bertz CT molecular complexity index is 299. The topological polar surface area (TPSA) is 18.5 Å². The number of hydrogen-bond acceptors (Lipinski definition) is 2. The van der Waals surface area contributed by atoms with E-state index in [0.29, 0.717) is 0 Å². The standard InChI is InChI=1S/C27H54O2/c1-2-3-4-5-6-7-8-9-10-11-12-13-14-15-16-17-18-19-20-22-25-28-27-24-21-23-26-29-27/h27H,2-26H2,1H3. The first-order chi connectivity index (χ1) is 14.4. The van der Waals surface area contributed by atoms with Gasteiger partial charge in [-0.3, -0.25) is 0 Å². The third kappa shape index (κ3) is 19.6. The zero-order valence-corrected chi connectivity index (χ0v) is 20.1. The van der Waals surface area contributed by atoms with Gasteiger partial charge in [0.2, 0.25) is 0 Å². The summed E-state index contributed by atoms with van der Waals surface area (Å²) in [6.45, 7) is 4.08. The lowest BCUT2D eigenvalue weighted by Crippen LogP contribution is -2.22. The summed E-state index contributed by atoms with van der Waals surface area (Å²) in [6.07, 6.45) is 32.4. The molecule has 0 aromatic heterocycles. The zero-order valence-electron chi connectivity index (χ0n) is 20.1. The van der Waals surface area contributed by atoms with Crippen LogP contribution in [0.2, 0.25) is 0 Å². The van der Waals surface area contributed by atoms with Crippen molar-refractivity contribution in [3.8, 4) is 0 Å². The van der Waals surface area contributed by atoms with E-state index in [2.05, 4.69) is 6.92 Å². The molecule has 0 bridgehead atoms. The summed E-state index contributed by atoms with van der Waals surface area (Å²) in [6, 6.07) is 0. The highest BCUT2D eigenvalue weighted by molar-refractivity contribution is 4.54. The second-order valence-electron chi connectivity index (χ2n) is 9.38. The zero-order chi connectivity index (χ0) is 20.7. The van der Waals surface area contributed by atoms with E-state index >= 15 is 0 Å². The summed E-state index contributed by atoms with van der Waals surface area (Å²) < 4.78 is 11.4. The summed E-state index contributed by atoms with van der Waals surface area (Å²) in [4.78, 5) is 0. The van der Waals surface area contributed by atoms with Crippen LogP contribution in [-0.2, 0) is 9.47 Å². The molecule has 1 saturated heterocycles. The highest BCUT2D eigenvalue weighted by atomic mass is 16.7. The lowest BCUT2D eigenvalue weighted by atomic mass is 10.0. The van der Waals surface area contributed by atoms with Gasteiger partial charge in [-0.05, 0) is 25.7 Å². The molecular weight excluding hydrogens is 356 g/mol. The molecule has 0 amide bonds. The van der Waals surface area contributed by atoms with E-state index in [1.165, 1.54) is 141 Å². The minimum atomic E-state index is 0.101. The third-order valence-corrected chi connectivity index (χ3v) is 6.44. The monoisotopic (exact) mass is 410 g/mol. The molecule has 174 valence electrons. The van der Waals surface area contributed by atoms with E-state index in [0.717, 1.165) is 19.6 Å². The summed E-state index contributed by atoms with van der Waals surface area (Å²) in [5.74, 6) is 0. The van der Waals surface area contributed by atoms with Crippen LogP contribution in [0.3, 0.4) is 0 Å². The van der Waals surface area contributed by atoms with Crippen LogP contribution in [0.25, 0.3) is 0 Å². The van der Waals surface area contributed by atoms with Crippen molar-refractivity contribution in [2.24, 2.45) is 0 Å². The molecule has 1 unspecified atom stereocenters. The molecule has 0 saturated carbocycles. The van der Waals surface area contributed by atoms with Gasteiger partial charge < -0.3 is 9.47 Å². The van der Waals surface area contributed by atoms with Crippen LogP contribution in [0.5, 0.6) is 0 Å². The first kappa shape index (κ1) is 27.0. The molecular formula is C27H54O2. The minimum Gasteiger partial charge on any atom is -0.353 e. The molecule has 0 aromatic carbocycles. The van der Waals surface area contributed by atoms with E-state index in [-0.39, 0.29) is 6.29 Å². The van der Waals surface area contributed by atoms with Gasteiger partial charge in [0, 0.05) is 13.2 Å². The predicted molar refractivity (Wildman–Crippen MR) is 128 cm³/mol. The molecule has 1 atom stereocenters. The van der Waals surface area contributed by atoms with Crippen molar-refractivity contribution in [1.82, 2.24) is 0 Å². The van der Waals surface area contributed by atoms with Crippen molar-refractivity contribution in [2.75, 3.05) is 13.2 Å². The SMILES string of the molecule is CCCCCCCCCCCCCCCCCCCCCCOC1CCCCO1. The molecule has 2 nitrogen and oxygen atoms in total. The fraction of sp³-hybridized carbons (Fsp3) is 1.00. The summed E-state index contributed by atoms with van der Waals surface area (Å²) >= 11 is 0. The van der Waals surface area contributed by atoms with Gasteiger partial charge in [-0.15, -0.1) is 0 Å². The van der Waals surface area contributed by atoms with Gasteiger partial charge in [-0.2, -0.15) is 0 Å². The maximum absolute atomic E-state index is 5.80. The van der Waals surface area contributed by atoms with Crippen molar-refractivity contribution < 1.29 is 9.47 Å². The average molecular weight is 411 g/mol. The van der Waals surface area contributed by atoms with Crippen LogP contribution in [0.1, 0.15) is 155 Å². The first-order valence-electron chi connectivity index (χ1n) is 13.7. The molecule has 29 heavy (non-hydrogen) atoms. The Labute approximate surface area is 183 Å². The maximum atomic E-state index is 5.80. The predicted octanol–water partition coefficient (Wildman–Crippen LogP) is 9.35. The quantitative estimate of drug-likeness (QED) is 0.165. The molecule has 2 heteroatoms. The Kier molecular flexibility index (Phi) is 21.0. The fourth-order valence-corrected chi connectivity index (χ4v) is 4.41. The highest BCUT2D eigenvalue weighted by Gasteiger charge is 2.13. The van der Waals surface area contributed by atoms with Crippen LogP contribution >= 0.6 is 0 Å². The molecule has 0 aliphatic carbocycles. The van der Waals surface area contributed by atoms with Crippen molar-refractivity contribution in [3.05, 3.63) is 0 Å². The smallest absolute Gasteiger partial charge is 0.157 e. The van der Waals surface area contributed by atoms with E-state index in [9.17, 15) is 0 Å². The molecule has 1 aliphatic rings. The fourth-order valence-electron chi connectivity index (χ4n) is 4.41. The van der Waals surface area contributed by atoms with Gasteiger partial charge in [0.15, 0.2) is 6.29 Å². The van der Waals surface area contributed by atoms with E-state index in [4.69, 9.17) is 9.47 Å². The summed E-state index contributed by atoms with van der Waals surface area (Å²) in [5, 5.41) is 0. The van der Waals surface area contributed by atoms with E-state index < -0.39 is 0 Å². The molecule has 0 N–H and O–H groups in total. The molecule has 0 spiro atoms. The number of ether oxygens (including phenoxy) is 2. The van der Waals surface area contributed by atoms with Crippen LogP contribution in [0.4, 0.5) is 0 Å². The van der Waals surface area contributed by atoms with Gasteiger partial charge >= 0.3 is 0 Å². The van der Waals surface area contributed by atoms with Crippen LogP contribution in [0, 0.1) is 0 Å². The molecule has 0 radical (unpaired) electrons. The number of rotatable bonds is 22. The maximum Gasteiger partial charge on any atom is 0.157 e. The van der Waals surface area contributed by atoms with Gasteiger partial charge in [0.1, 0.15) is 0 Å². The molecule has 1 fully saturated rings. The van der Waals surface area contributed by atoms with Gasteiger partial charge in [0.25, 0.3) is 0 Å². The molecule has 1 aliphatic heterocycles. The summed E-state index contributed by atoms with van der Waals surface area (Å²) in [7, 11) is 0. The lowest BCUT2D eigenvalue weighted by Gasteiger charge is -2.22. The van der Waals surface area contributed by atoms with Crippen LogP contribution < -0.4 is 0 Å². The molecule has 0 aromatic rings. The third-order valence-electron chi connectivity index (χ3n) is 6.44. The van der Waals surface area contributed by atoms with Gasteiger partial charge in [-0.25, -0.2) is 0 Å². The normalized spacial score (nSPS) is 17.1. The van der Waals surface area contributed by atoms with E-state index in [1.807, 2.05) is 0 Å². The van der Waals surface area contributed by atoms with Crippen molar-refractivity contribution in [1.29, 1.82) is 0 Å². The number of unbranched alkanes of at least 4 members (excludes halogenated alkanes) is 19. The Hall–Kier alpha value is -0.0800. The minimum absolute atomic E-state index is 0.101. The van der Waals surface area contributed by atoms with Crippen molar-refractivity contribution in [3.63, 3.8) is 0 Å². The highest BCUT2D eigenvalue weighted by Crippen LogP contribution is 2.16. The number of hydrogen-bond donors (Lipinski definition) is 0. The van der Waals surface area contributed by atoms with E-state index in [1.54, 1.807) is 0 Å². The van der Waals surface area contributed by atoms with Gasteiger partial charge in [-0.1, -0.05) is 129 Å². The second-order valence-corrected chi connectivity index (χ2v) is 9.38. The Morgan fingerprint density at radius 1 is 0.552 bits per heavy atom. The summed E-state index contributed by atoms with van der Waals surface area (Å²) in [5.41, 5.74) is 0. The molecule has 1 rings (SSSR count).